The smallest absolute Gasteiger partial charge is 0.0389 e. The Labute approximate surface area is 67.3 Å². The van der Waals surface area contributed by atoms with Crippen LogP contribution in [0.2, 0.25) is 0 Å². The van der Waals surface area contributed by atoms with E-state index in [9.17, 15) is 0 Å². The van der Waals surface area contributed by atoms with Crippen molar-refractivity contribution in [2.24, 2.45) is 0 Å². The van der Waals surface area contributed by atoms with Gasteiger partial charge in [-0.2, -0.15) is 0 Å². The predicted octanol–water partition coefficient (Wildman–Crippen LogP) is -1.04. The normalized spacial score (nSPS) is 54.5. The van der Waals surface area contributed by atoms with E-state index in [-0.39, 0.29) is 0 Å². The van der Waals surface area contributed by atoms with E-state index in [0.29, 0.717) is 0 Å². The van der Waals surface area contributed by atoms with Crippen LogP contribution >= 0.6 is 0 Å². The Morgan fingerprint density at radius 2 is 1.27 bits per heavy atom. The van der Waals surface area contributed by atoms with Crippen molar-refractivity contribution in [2.75, 3.05) is 39.3 Å². The zero-order chi connectivity index (χ0) is 7.26. The number of nitrogens with one attached hydrogen (secondary N) is 1. The first-order valence-corrected chi connectivity index (χ1v) is 4.64. The van der Waals surface area contributed by atoms with Gasteiger partial charge in [-0.1, -0.05) is 0 Å². The minimum atomic E-state index is 0.845. The zero-order valence-corrected chi connectivity index (χ0v) is 6.79. The Kier molecular flexibility index (Phi) is 1.27. The SMILES string of the molecule is C1NCC2C1N1CCN2CC1. The second kappa shape index (κ2) is 2.19. The van der Waals surface area contributed by atoms with E-state index in [0.717, 1.165) is 12.1 Å². The van der Waals surface area contributed by atoms with Crippen molar-refractivity contribution >= 4 is 0 Å². The predicted molar refractivity (Wildman–Crippen MR) is 43.6 cm³/mol. The molecule has 4 saturated heterocycles. The average molecular weight is 153 g/mol. The topological polar surface area (TPSA) is 18.5 Å². The molecule has 0 spiro atoms. The molecule has 0 aliphatic carbocycles. The van der Waals surface area contributed by atoms with Crippen LogP contribution in [-0.2, 0) is 0 Å². The molecule has 0 radical (unpaired) electrons. The Balaban J connectivity index is 1.89. The highest BCUT2D eigenvalue weighted by molar-refractivity contribution is 5.02. The van der Waals surface area contributed by atoms with Gasteiger partial charge in [-0.05, 0) is 0 Å². The molecule has 2 unspecified atom stereocenters. The maximum absolute atomic E-state index is 3.48. The summed E-state index contributed by atoms with van der Waals surface area (Å²) in [6.07, 6.45) is 0. The first kappa shape index (κ1) is 6.40. The Bertz CT molecular complexity index is 145. The molecule has 0 aromatic carbocycles. The fourth-order valence-corrected chi connectivity index (χ4v) is 2.80. The zero-order valence-electron chi connectivity index (χ0n) is 6.79. The molecule has 0 aromatic heterocycles. The first-order valence-electron chi connectivity index (χ1n) is 4.64. The molecule has 4 rings (SSSR count). The molecule has 2 atom stereocenters. The number of piperazine rings is 3. The van der Waals surface area contributed by atoms with Crippen LogP contribution in [0, 0.1) is 0 Å². The van der Waals surface area contributed by atoms with Crippen molar-refractivity contribution in [3.05, 3.63) is 0 Å². The van der Waals surface area contributed by atoms with Crippen LogP contribution in [0.3, 0.4) is 0 Å². The van der Waals surface area contributed by atoms with Crippen LogP contribution in [0.25, 0.3) is 0 Å². The number of nitrogens with zero attached hydrogens (tertiary/aromatic N) is 2. The minimum Gasteiger partial charge on any atom is -0.313 e. The lowest BCUT2D eigenvalue weighted by Crippen LogP contribution is -2.65. The van der Waals surface area contributed by atoms with Crippen molar-refractivity contribution in [1.29, 1.82) is 0 Å². The minimum absolute atomic E-state index is 0.845. The lowest BCUT2D eigenvalue weighted by Gasteiger charge is -2.50. The molecule has 1 N–H and O–H groups in total. The highest BCUT2D eigenvalue weighted by Gasteiger charge is 2.42. The van der Waals surface area contributed by atoms with Gasteiger partial charge in [-0.25, -0.2) is 0 Å². The summed E-state index contributed by atoms with van der Waals surface area (Å²) >= 11 is 0. The quantitative estimate of drug-likeness (QED) is 0.479. The molecule has 4 heterocycles. The Morgan fingerprint density at radius 3 is 1.73 bits per heavy atom. The largest absolute Gasteiger partial charge is 0.313 e. The fourth-order valence-electron chi connectivity index (χ4n) is 2.80. The average Bonchev–Trinajstić information content (AvgIpc) is 2.55. The van der Waals surface area contributed by atoms with Crippen molar-refractivity contribution in [2.45, 2.75) is 12.1 Å². The third kappa shape index (κ3) is 0.789. The van der Waals surface area contributed by atoms with Crippen LogP contribution in [0.5, 0.6) is 0 Å². The van der Waals surface area contributed by atoms with E-state index >= 15 is 0 Å². The molecule has 0 saturated carbocycles. The third-order valence-electron chi connectivity index (χ3n) is 3.44. The summed E-state index contributed by atoms with van der Waals surface area (Å²) in [5.41, 5.74) is 0. The molecule has 4 aliphatic heterocycles. The monoisotopic (exact) mass is 153 g/mol. The van der Waals surface area contributed by atoms with Crippen LogP contribution in [0.1, 0.15) is 0 Å². The van der Waals surface area contributed by atoms with Crippen molar-refractivity contribution < 1.29 is 0 Å². The van der Waals surface area contributed by atoms with E-state index < -0.39 is 0 Å². The van der Waals surface area contributed by atoms with E-state index in [4.69, 9.17) is 0 Å². The third-order valence-corrected chi connectivity index (χ3v) is 3.44. The molecule has 4 fully saturated rings. The molecule has 3 nitrogen and oxygen atoms in total. The van der Waals surface area contributed by atoms with Gasteiger partial charge in [0.1, 0.15) is 0 Å². The highest BCUT2D eigenvalue weighted by atomic mass is 15.4. The van der Waals surface area contributed by atoms with Gasteiger partial charge in [0, 0.05) is 51.4 Å². The highest BCUT2D eigenvalue weighted by Crippen LogP contribution is 2.24. The summed E-state index contributed by atoms with van der Waals surface area (Å²) in [6, 6.07) is 1.69. The van der Waals surface area contributed by atoms with E-state index in [1.807, 2.05) is 0 Å². The molecule has 3 heteroatoms. The second-order valence-corrected chi connectivity index (χ2v) is 3.86. The first-order chi connectivity index (χ1) is 5.45. The van der Waals surface area contributed by atoms with Crippen LogP contribution < -0.4 is 5.32 Å². The van der Waals surface area contributed by atoms with Crippen LogP contribution in [-0.4, -0.2) is 61.2 Å². The van der Waals surface area contributed by atoms with Gasteiger partial charge >= 0.3 is 0 Å². The number of fused-ring (bicyclic) bond motifs is 2. The summed E-state index contributed by atoms with van der Waals surface area (Å²) in [5.74, 6) is 0. The lowest BCUT2D eigenvalue weighted by atomic mass is 10.0. The molecule has 62 valence electrons. The summed E-state index contributed by atoms with van der Waals surface area (Å²) in [4.78, 5) is 5.31. The molecular formula is C8H15N3. The summed E-state index contributed by atoms with van der Waals surface area (Å²) in [7, 11) is 0. The fraction of sp³-hybridized carbons (Fsp3) is 1.00. The van der Waals surface area contributed by atoms with Crippen LogP contribution in [0.15, 0.2) is 0 Å². The van der Waals surface area contributed by atoms with Gasteiger partial charge in [-0.15, -0.1) is 0 Å². The lowest BCUT2D eigenvalue weighted by molar-refractivity contribution is -0.0134. The summed E-state index contributed by atoms with van der Waals surface area (Å²) < 4.78 is 0. The van der Waals surface area contributed by atoms with Gasteiger partial charge in [-0.3, -0.25) is 9.80 Å². The summed E-state index contributed by atoms with van der Waals surface area (Å²) in [5, 5.41) is 3.48. The van der Waals surface area contributed by atoms with Gasteiger partial charge in [0.25, 0.3) is 0 Å². The molecule has 0 amide bonds. The molecule has 4 aliphatic rings. The van der Waals surface area contributed by atoms with Gasteiger partial charge < -0.3 is 5.32 Å². The van der Waals surface area contributed by atoms with E-state index in [2.05, 4.69) is 15.1 Å². The van der Waals surface area contributed by atoms with Gasteiger partial charge in [0.15, 0.2) is 0 Å². The Morgan fingerprint density at radius 1 is 0.818 bits per heavy atom. The number of rotatable bonds is 0. The molecule has 11 heavy (non-hydrogen) atoms. The molecular weight excluding hydrogens is 138 g/mol. The maximum atomic E-state index is 3.48. The maximum Gasteiger partial charge on any atom is 0.0389 e. The number of hydrogen-bond donors (Lipinski definition) is 1. The van der Waals surface area contributed by atoms with Crippen molar-refractivity contribution in [1.82, 2.24) is 15.1 Å². The standard InChI is InChI=1S/C8H15N3/c1-2-11-4-3-10(1)7-5-9-6-8(7)11/h7-9H,1-6H2. The van der Waals surface area contributed by atoms with E-state index in [1.54, 1.807) is 0 Å². The molecule has 0 aromatic rings. The van der Waals surface area contributed by atoms with Gasteiger partial charge in [0.05, 0.1) is 0 Å². The number of hydrogen-bond acceptors (Lipinski definition) is 3. The van der Waals surface area contributed by atoms with Crippen molar-refractivity contribution in [3.8, 4) is 0 Å². The molecule has 2 bridgehead atoms. The summed E-state index contributed by atoms with van der Waals surface area (Å²) in [6.45, 7) is 7.68. The van der Waals surface area contributed by atoms with Crippen LogP contribution in [0.4, 0.5) is 0 Å². The van der Waals surface area contributed by atoms with E-state index in [1.165, 1.54) is 39.3 Å². The second-order valence-electron chi connectivity index (χ2n) is 3.86. The Hall–Kier alpha value is -0.120. The van der Waals surface area contributed by atoms with Crippen molar-refractivity contribution in [3.63, 3.8) is 0 Å². The van der Waals surface area contributed by atoms with Gasteiger partial charge in [0.2, 0.25) is 0 Å².